The van der Waals surface area contributed by atoms with E-state index in [2.05, 4.69) is 5.10 Å². The molecule has 1 fully saturated rings. The van der Waals surface area contributed by atoms with Crippen molar-refractivity contribution in [1.29, 1.82) is 0 Å². The van der Waals surface area contributed by atoms with Gasteiger partial charge in [0.25, 0.3) is 0 Å². The minimum absolute atomic E-state index is 0.0543. The smallest absolute Gasteiger partial charge is 0.410 e. The molecule has 0 spiro atoms. The lowest BCUT2D eigenvalue weighted by atomic mass is 9.84. The zero-order chi connectivity index (χ0) is 18.2. The lowest BCUT2D eigenvalue weighted by Gasteiger charge is -2.48. The van der Waals surface area contributed by atoms with E-state index in [1.165, 1.54) is 15.8 Å². The Morgan fingerprint density at radius 2 is 1.96 bits per heavy atom. The molecule has 0 bridgehead atoms. The molecular weight excluding hydrogens is 323 g/mol. The number of nitrogen functional groups attached to an aromatic ring is 1. The normalized spacial score (nSPS) is 17.7. The molecule has 1 saturated heterocycles. The lowest BCUT2D eigenvalue weighted by molar-refractivity contribution is -0.0698. The number of hydrogen-bond acceptors (Lipinski definition) is 4. The molecule has 134 valence electrons. The van der Waals surface area contributed by atoms with Crippen LogP contribution >= 0.6 is 0 Å². The highest BCUT2D eigenvalue weighted by Crippen LogP contribution is 2.41. The van der Waals surface area contributed by atoms with Crippen molar-refractivity contribution in [2.24, 2.45) is 0 Å². The topological polar surface area (TPSA) is 73.4 Å². The van der Waals surface area contributed by atoms with E-state index in [1.54, 1.807) is 27.0 Å². The first-order valence-electron chi connectivity index (χ1n) is 8.19. The van der Waals surface area contributed by atoms with Gasteiger partial charge in [-0.05, 0) is 26.3 Å². The van der Waals surface area contributed by atoms with Crippen molar-refractivity contribution in [2.45, 2.75) is 38.1 Å². The molecule has 6 nitrogen and oxygen atoms in total. The van der Waals surface area contributed by atoms with E-state index >= 15 is 4.39 Å². The second-order valence-electron chi connectivity index (χ2n) is 7.44. The minimum Gasteiger partial charge on any atom is -0.444 e. The summed E-state index contributed by atoms with van der Waals surface area (Å²) in [7, 11) is 0. The van der Waals surface area contributed by atoms with Gasteiger partial charge in [0.15, 0.2) is 5.67 Å². The quantitative estimate of drug-likeness (QED) is 0.927. The van der Waals surface area contributed by atoms with Gasteiger partial charge in [-0.25, -0.2) is 9.18 Å². The van der Waals surface area contributed by atoms with E-state index in [0.29, 0.717) is 5.69 Å². The fourth-order valence-electron chi connectivity index (χ4n) is 3.03. The summed E-state index contributed by atoms with van der Waals surface area (Å²) in [5.74, 6) is 0. The number of carbonyl (C=O) groups excluding carboxylic acids is 1. The summed E-state index contributed by atoms with van der Waals surface area (Å²) in [5.41, 5.74) is 4.74. The number of ether oxygens (including phenoxy) is 1. The highest BCUT2D eigenvalue weighted by Gasteiger charge is 2.54. The van der Waals surface area contributed by atoms with Gasteiger partial charge < -0.3 is 15.4 Å². The van der Waals surface area contributed by atoms with Gasteiger partial charge in [-0.2, -0.15) is 5.10 Å². The van der Waals surface area contributed by atoms with Crippen molar-refractivity contribution in [3.05, 3.63) is 48.3 Å². The number of aromatic nitrogens is 2. The van der Waals surface area contributed by atoms with Gasteiger partial charge in [0.05, 0.1) is 25.0 Å². The van der Waals surface area contributed by atoms with Crippen LogP contribution in [0.15, 0.2) is 42.7 Å². The second-order valence-corrected chi connectivity index (χ2v) is 7.44. The molecule has 1 aromatic heterocycles. The zero-order valence-electron chi connectivity index (χ0n) is 14.6. The van der Waals surface area contributed by atoms with Gasteiger partial charge in [-0.15, -0.1) is 0 Å². The van der Waals surface area contributed by atoms with Crippen molar-refractivity contribution in [2.75, 3.05) is 18.8 Å². The Balaban J connectivity index is 1.82. The van der Waals surface area contributed by atoms with Crippen LogP contribution in [0.3, 0.4) is 0 Å². The highest BCUT2D eigenvalue weighted by molar-refractivity contribution is 5.70. The Bertz CT molecular complexity index is 748. The van der Waals surface area contributed by atoms with Crippen molar-refractivity contribution < 1.29 is 13.9 Å². The van der Waals surface area contributed by atoms with E-state index < -0.39 is 23.4 Å². The summed E-state index contributed by atoms with van der Waals surface area (Å²) < 4.78 is 22.5. The van der Waals surface area contributed by atoms with Crippen LogP contribution in [0.5, 0.6) is 0 Å². The number of halogens is 1. The van der Waals surface area contributed by atoms with Crippen LogP contribution in [0.25, 0.3) is 0 Å². The summed E-state index contributed by atoms with van der Waals surface area (Å²) in [6, 6.07) is 8.60. The Hall–Kier alpha value is -2.57. The van der Waals surface area contributed by atoms with Crippen LogP contribution in [-0.4, -0.2) is 45.1 Å². The molecule has 2 N–H and O–H groups in total. The molecule has 0 aliphatic carbocycles. The largest absolute Gasteiger partial charge is 0.444 e. The van der Waals surface area contributed by atoms with Gasteiger partial charge in [0.1, 0.15) is 11.6 Å². The molecule has 3 rings (SSSR count). The molecule has 1 unspecified atom stereocenters. The standard InChI is InChI=1S/C18H23FN4O2/c1-17(2,3)25-16(24)22-11-18(19,12-22)15(13-7-5-4-6-8-13)23-10-14(20)9-21-23/h4-10,15H,11-12,20H2,1-3H3. The molecule has 25 heavy (non-hydrogen) atoms. The molecule has 7 heteroatoms. The van der Waals surface area contributed by atoms with Crippen LogP contribution in [0, 0.1) is 0 Å². The third kappa shape index (κ3) is 3.60. The van der Waals surface area contributed by atoms with E-state index in [1.807, 2.05) is 30.3 Å². The fraction of sp³-hybridized carbons (Fsp3) is 0.444. The van der Waals surface area contributed by atoms with Crippen LogP contribution in [0.2, 0.25) is 0 Å². The van der Waals surface area contributed by atoms with E-state index in [4.69, 9.17) is 10.5 Å². The molecule has 1 aliphatic rings. The Morgan fingerprint density at radius 3 is 2.48 bits per heavy atom. The van der Waals surface area contributed by atoms with Crippen molar-refractivity contribution in [3.8, 4) is 0 Å². The summed E-state index contributed by atoms with van der Waals surface area (Å²) in [6.07, 6.45) is 2.59. The van der Waals surface area contributed by atoms with Crippen LogP contribution < -0.4 is 5.73 Å². The highest BCUT2D eigenvalue weighted by atomic mass is 19.1. The number of likely N-dealkylation sites (tertiary alicyclic amines) is 1. The van der Waals surface area contributed by atoms with Crippen molar-refractivity contribution in [3.63, 3.8) is 0 Å². The molecule has 0 radical (unpaired) electrons. The molecule has 1 amide bonds. The SMILES string of the molecule is CC(C)(C)OC(=O)N1CC(F)(C(c2ccccc2)n2cc(N)cn2)C1. The van der Waals surface area contributed by atoms with Crippen LogP contribution in [0.1, 0.15) is 32.4 Å². The molecular formula is C18H23FN4O2. The molecule has 1 atom stereocenters. The number of alkyl halides is 1. The molecule has 1 aromatic carbocycles. The van der Waals surface area contributed by atoms with Gasteiger partial charge in [0.2, 0.25) is 0 Å². The monoisotopic (exact) mass is 346 g/mol. The predicted octanol–water partition coefficient (Wildman–Crippen LogP) is 3.01. The van der Waals surface area contributed by atoms with Crippen LogP contribution in [-0.2, 0) is 4.74 Å². The molecule has 1 aliphatic heterocycles. The Morgan fingerprint density at radius 1 is 1.32 bits per heavy atom. The number of amides is 1. The summed E-state index contributed by atoms with van der Waals surface area (Å²) in [5, 5.41) is 4.19. The van der Waals surface area contributed by atoms with Gasteiger partial charge in [-0.3, -0.25) is 4.68 Å². The van der Waals surface area contributed by atoms with Gasteiger partial charge in [0, 0.05) is 6.20 Å². The number of carbonyl (C=O) groups is 1. The second kappa shape index (κ2) is 6.06. The average Bonchev–Trinajstić information content (AvgIpc) is 2.90. The first-order chi connectivity index (χ1) is 11.7. The van der Waals surface area contributed by atoms with E-state index in [9.17, 15) is 4.79 Å². The zero-order valence-corrected chi connectivity index (χ0v) is 14.6. The number of nitrogens with two attached hydrogens (primary N) is 1. The maximum atomic E-state index is 15.6. The third-order valence-corrected chi connectivity index (χ3v) is 4.05. The fourth-order valence-corrected chi connectivity index (χ4v) is 3.03. The molecule has 0 saturated carbocycles. The third-order valence-electron chi connectivity index (χ3n) is 4.05. The first kappa shape index (κ1) is 17.3. The van der Waals surface area contributed by atoms with Crippen LogP contribution in [0.4, 0.5) is 14.9 Å². The number of benzene rings is 1. The summed E-state index contributed by atoms with van der Waals surface area (Å²) in [4.78, 5) is 13.5. The van der Waals surface area contributed by atoms with Crippen molar-refractivity contribution >= 4 is 11.8 Å². The van der Waals surface area contributed by atoms with Gasteiger partial charge >= 0.3 is 6.09 Å². The number of anilines is 1. The lowest BCUT2D eigenvalue weighted by Crippen LogP contribution is -2.65. The Kier molecular flexibility index (Phi) is 4.18. The van der Waals surface area contributed by atoms with E-state index in [-0.39, 0.29) is 13.1 Å². The predicted molar refractivity (Wildman–Crippen MR) is 92.9 cm³/mol. The molecule has 2 heterocycles. The molecule has 2 aromatic rings. The first-order valence-corrected chi connectivity index (χ1v) is 8.19. The van der Waals surface area contributed by atoms with Crippen molar-refractivity contribution in [1.82, 2.24) is 14.7 Å². The maximum absolute atomic E-state index is 15.6. The number of hydrogen-bond donors (Lipinski definition) is 1. The Labute approximate surface area is 146 Å². The number of nitrogens with zero attached hydrogens (tertiary/aromatic N) is 3. The van der Waals surface area contributed by atoms with Gasteiger partial charge in [-0.1, -0.05) is 30.3 Å². The average molecular weight is 346 g/mol. The van der Waals surface area contributed by atoms with E-state index in [0.717, 1.165) is 5.56 Å². The minimum atomic E-state index is -1.64. The number of rotatable bonds is 3. The maximum Gasteiger partial charge on any atom is 0.410 e. The summed E-state index contributed by atoms with van der Waals surface area (Å²) in [6.45, 7) is 5.24. The summed E-state index contributed by atoms with van der Waals surface area (Å²) >= 11 is 0.